The predicted octanol–water partition coefficient (Wildman–Crippen LogP) is 0.554. The quantitative estimate of drug-likeness (QED) is 0.584. The minimum absolute atomic E-state index is 0.356. The zero-order valence-corrected chi connectivity index (χ0v) is 6.79. The Morgan fingerprint density at radius 1 is 1.73 bits per heavy atom. The summed E-state index contributed by atoms with van der Waals surface area (Å²) >= 11 is 0. The third-order valence-electron chi connectivity index (χ3n) is 2.01. The molecule has 0 aromatic carbocycles. The fourth-order valence-electron chi connectivity index (χ4n) is 1.44. The lowest BCUT2D eigenvalue weighted by atomic mass is 10.1. The van der Waals surface area contributed by atoms with Crippen molar-refractivity contribution in [2.75, 3.05) is 19.6 Å². The maximum absolute atomic E-state index is 5.79. The average molecular weight is 151 g/mol. The van der Waals surface area contributed by atoms with Crippen LogP contribution in [0.1, 0.15) is 12.8 Å². The van der Waals surface area contributed by atoms with Gasteiger partial charge in [-0.15, -0.1) is 5.73 Å². The molecule has 0 amide bonds. The van der Waals surface area contributed by atoms with E-state index in [1.54, 1.807) is 0 Å². The molecule has 1 unspecified atom stereocenters. The van der Waals surface area contributed by atoms with E-state index < -0.39 is 0 Å². The Morgan fingerprint density at radius 3 is 3.18 bits per heavy atom. The monoisotopic (exact) mass is 151 g/mol. The molecule has 0 saturated carbocycles. The largest absolute Gasteiger partial charge is 0.327 e. The lowest BCUT2D eigenvalue weighted by molar-refractivity contribution is 0.229. The number of rotatable bonds is 2. The summed E-state index contributed by atoms with van der Waals surface area (Å²) < 4.78 is 0. The third kappa shape index (κ3) is 2.89. The average Bonchev–Trinajstić information content (AvgIpc) is 2.01. The van der Waals surface area contributed by atoms with E-state index >= 15 is 0 Å². The first kappa shape index (κ1) is 8.54. The molecule has 11 heavy (non-hydrogen) atoms. The van der Waals surface area contributed by atoms with E-state index in [1.165, 1.54) is 6.42 Å². The predicted molar refractivity (Wildman–Crippen MR) is 46.0 cm³/mol. The highest BCUT2D eigenvalue weighted by molar-refractivity contribution is 4.83. The maximum atomic E-state index is 5.79. The second-order valence-electron chi connectivity index (χ2n) is 3.03. The van der Waals surface area contributed by atoms with Crippen LogP contribution in [0.4, 0.5) is 0 Å². The van der Waals surface area contributed by atoms with Gasteiger partial charge in [-0.3, -0.25) is 4.90 Å². The number of hydrogen-bond donors (Lipinski definition) is 1. The van der Waals surface area contributed by atoms with Crippen LogP contribution in [0.25, 0.3) is 0 Å². The van der Waals surface area contributed by atoms with Gasteiger partial charge in [-0.25, -0.2) is 0 Å². The third-order valence-corrected chi connectivity index (χ3v) is 2.01. The standard InChI is InChI=1S/C9H15N2/c1-2-3-6-11-7-4-5-9(10)8-11/h1,3,9H,4-8,10H2. The summed E-state index contributed by atoms with van der Waals surface area (Å²) in [5.74, 6) is 0. The van der Waals surface area contributed by atoms with Crippen LogP contribution >= 0.6 is 0 Å². The van der Waals surface area contributed by atoms with Crippen molar-refractivity contribution >= 4 is 0 Å². The molecule has 1 saturated heterocycles. The van der Waals surface area contributed by atoms with Crippen molar-refractivity contribution in [3.05, 3.63) is 18.4 Å². The molecule has 2 nitrogen and oxygen atoms in total. The number of nitrogens with zero attached hydrogens (tertiary/aromatic N) is 1. The number of hydrogen-bond acceptors (Lipinski definition) is 2. The van der Waals surface area contributed by atoms with E-state index in [0.717, 1.165) is 26.1 Å². The summed E-state index contributed by atoms with van der Waals surface area (Å²) in [6.45, 7) is 8.15. The van der Waals surface area contributed by atoms with Gasteiger partial charge in [0.2, 0.25) is 0 Å². The molecule has 1 atom stereocenters. The molecule has 1 radical (unpaired) electrons. The van der Waals surface area contributed by atoms with Gasteiger partial charge < -0.3 is 5.73 Å². The Bertz CT molecular complexity index is 159. The summed E-state index contributed by atoms with van der Waals surface area (Å²) in [6, 6.07) is 0.356. The van der Waals surface area contributed by atoms with E-state index in [1.807, 2.05) is 6.08 Å². The van der Waals surface area contributed by atoms with Crippen molar-refractivity contribution in [2.24, 2.45) is 5.73 Å². The molecule has 1 rings (SSSR count). The van der Waals surface area contributed by atoms with Gasteiger partial charge in [0.25, 0.3) is 0 Å². The summed E-state index contributed by atoms with van der Waals surface area (Å²) in [7, 11) is 0. The van der Waals surface area contributed by atoms with Gasteiger partial charge in [0.15, 0.2) is 0 Å². The van der Waals surface area contributed by atoms with Crippen molar-refractivity contribution in [3.63, 3.8) is 0 Å². The summed E-state index contributed by atoms with van der Waals surface area (Å²) in [5, 5.41) is 0. The number of nitrogens with two attached hydrogens (primary N) is 1. The molecule has 1 heterocycles. The van der Waals surface area contributed by atoms with Gasteiger partial charge in [0, 0.05) is 19.1 Å². The van der Waals surface area contributed by atoms with E-state index in [2.05, 4.69) is 10.6 Å². The van der Waals surface area contributed by atoms with Gasteiger partial charge >= 0.3 is 0 Å². The van der Waals surface area contributed by atoms with Crippen LogP contribution in [0, 0.1) is 6.58 Å². The fraction of sp³-hybridized carbons (Fsp3) is 0.667. The van der Waals surface area contributed by atoms with Crippen LogP contribution in [0.2, 0.25) is 0 Å². The first-order valence-electron chi connectivity index (χ1n) is 4.08. The first-order valence-corrected chi connectivity index (χ1v) is 4.08. The molecule has 1 aliphatic heterocycles. The minimum Gasteiger partial charge on any atom is -0.327 e. The summed E-state index contributed by atoms with van der Waals surface area (Å²) in [6.07, 6.45) is 4.21. The van der Waals surface area contributed by atoms with Crippen LogP contribution in [0.3, 0.4) is 0 Å². The SMILES string of the molecule is [CH]=C=CCN1CCCC(N)C1. The van der Waals surface area contributed by atoms with E-state index in [4.69, 9.17) is 12.3 Å². The van der Waals surface area contributed by atoms with Gasteiger partial charge in [0.05, 0.1) is 0 Å². The molecule has 1 aliphatic rings. The fourth-order valence-corrected chi connectivity index (χ4v) is 1.44. The smallest absolute Gasteiger partial charge is 0.0238 e. The Labute approximate surface area is 68.4 Å². The van der Waals surface area contributed by atoms with Crippen LogP contribution in [0.15, 0.2) is 11.8 Å². The molecular formula is C9H15N2. The molecule has 2 N–H and O–H groups in total. The summed E-state index contributed by atoms with van der Waals surface area (Å²) in [4.78, 5) is 2.30. The molecule has 0 spiro atoms. The molecule has 2 heteroatoms. The minimum atomic E-state index is 0.356. The highest BCUT2D eigenvalue weighted by Gasteiger charge is 2.14. The zero-order valence-electron chi connectivity index (χ0n) is 6.79. The van der Waals surface area contributed by atoms with Crippen molar-refractivity contribution < 1.29 is 0 Å². The highest BCUT2D eigenvalue weighted by Crippen LogP contribution is 2.06. The maximum Gasteiger partial charge on any atom is 0.0238 e. The number of piperidine rings is 1. The van der Waals surface area contributed by atoms with Crippen molar-refractivity contribution in [1.29, 1.82) is 0 Å². The van der Waals surface area contributed by atoms with Gasteiger partial charge in [-0.05, 0) is 32.0 Å². The lowest BCUT2D eigenvalue weighted by Crippen LogP contribution is -2.42. The molecule has 0 aliphatic carbocycles. The Balaban J connectivity index is 2.27. The Morgan fingerprint density at radius 2 is 2.55 bits per heavy atom. The van der Waals surface area contributed by atoms with Gasteiger partial charge in [0.1, 0.15) is 0 Å². The topological polar surface area (TPSA) is 29.3 Å². The molecule has 0 aromatic heterocycles. The van der Waals surface area contributed by atoms with Crippen LogP contribution in [0.5, 0.6) is 0 Å². The first-order chi connectivity index (χ1) is 5.33. The van der Waals surface area contributed by atoms with Crippen molar-refractivity contribution in [1.82, 2.24) is 4.90 Å². The van der Waals surface area contributed by atoms with Gasteiger partial charge in [-0.2, -0.15) is 0 Å². The molecule has 0 bridgehead atoms. The normalized spacial score (nSPS) is 26.1. The zero-order chi connectivity index (χ0) is 8.10. The van der Waals surface area contributed by atoms with E-state index in [0.29, 0.717) is 6.04 Å². The second-order valence-corrected chi connectivity index (χ2v) is 3.03. The second kappa shape index (κ2) is 4.35. The molecule has 61 valence electrons. The summed E-state index contributed by atoms with van der Waals surface area (Å²) in [5.41, 5.74) is 8.31. The molecular weight excluding hydrogens is 136 g/mol. The molecule has 0 aromatic rings. The molecule has 1 fully saturated rings. The van der Waals surface area contributed by atoms with Crippen LogP contribution in [-0.4, -0.2) is 30.6 Å². The van der Waals surface area contributed by atoms with Crippen molar-refractivity contribution in [2.45, 2.75) is 18.9 Å². The van der Waals surface area contributed by atoms with Crippen LogP contribution < -0.4 is 5.73 Å². The Kier molecular flexibility index (Phi) is 3.37. The van der Waals surface area contributed by atoms with Crippen LogP contribution in [-0.2, 0) is 0 Å². The van der Waals surface area contributed by atoms with E-state index in [9.17, 15) is 0 Å². The number of likely N-dealkylation sites (tertiary alicyclic amines) is 1. The Hall–Kier alpha value is -0.560. The van der Waals surface area contributed by atoms with Crippen molar-refractivity contribution in [3.8, 4) is 0 Å². The lowest BCUT2D eigenvalue weighted by Gasteiger charge is -2.29. The van der Waals surface area contributed by atoms with E-state index in [-0.39, 0.29) is 0 Å². The highest BCUT2D eigenvalue weighted by atomic mass is 15.1. The van der Waals surface area contributed by atoms with Gasteiger partial charge in [-0.1, -0.05) is 0 Å².